The van der Waals surface area contributed by atoms with Gasteiger partial charge in [-0.2, -0.15) is 4.98 Å². The summed E-state index contributed by atoms with van der Waals surface area (Å²) in [5.74, 6) is 1.97. The van der Waals surface area contributed by atoms with Gasteiger partial charge in [-0.3, -0.25) is 10.2 Å². The van der Waals surface area contributed by atoms with E-state index >= 15 is 0 Å². The molecule has 1 amide bonds. The zero-order valence-corrected chi connectivity index (χ0v) is 20.4. The molecule has 2 aromatic carbocycles. The second-order valence-corrected chi connectivity index (χ2v) is 8.97. The molecule has 1 fully saturated rings. The van der Waals surface area contributed by atoms with Gasteiger partial charge in [0, 0.05) is 35.7 Å². The van der Waals surface area contributed by atoms with Crippen molar-refractivity contribution in [3.05, 3.63) is 60.0 Å². The number of nitrogens with two attached hydrogens (primary N) is 1. The van der Waals surface area contributed by atoms with Gasteiger partial charge in [-0.15, -0.1) is 0 Å². The normalized spacial score (nSPS) is 16.3. The Hall–Kier alpha value is -3.68. The van der Waals surface area contributed by atoms with E-state index in [4.69, 9.17) is 20.4 Å². The summed E-state index contributed by atoms with van der Waals surface area (Å²) in [6.45, 7) is 5.30. The number of nitrogens with zero attached hydrogens (tertiary/aromatic N) is 3. The number of nitrogen functional groups attached to an aromatic ring is 1. The largest absolute Gasteiger partial charge is 0.489 e. The van der Waals surface area contributed by atoms with Crippen molar-refractivity contribution < 1.29 is 14.1 Å². The van der Waals surface area contributed by atoms with Gasteiger partial charge in [-0.25, -0.2) is 0 Å². The van der Waals surface area contributed by atoms with Crippen molar-refractivity contribution in [2.45, 2.75) is 58.0 Å². The van der Waals surface area contributed by atoms with Crippen molar-refractivity contribution in [1.82, 2.24) is 15.0 Å². The number of ether oxygens (including phenoxy) is 1. The van der Waals surface area contributed by atoms with Gasteiger partial charge in [0.2, 0.25) is 11.7 Å². The van der Waals surface area contributed by atoms with Gasteiger partial charge in [0.1, 0.15) is 17.6 Å². The van der Waals surface area contributed by atoms with Crippen molar-refractivity contribution >= 4 is 17.3 Å². The fraction of sp³-hybridized carbons (Fsp3) is 0.407. The van der Waals surface area contributed by atoms with E-state index < -0.39 is 0 Å². The third-order valence-corrected chi connectivity index (χ3v) is 6.48. The standard InChI is InChI=1S/C27H33N5O3/c1-3-5-8-18(4-2)26-30-25(31-35-26)19-11-13-20(14-12-19)34-21-15-16-32(17-21)27(33)24(29)22-9-6-7-10-23(22)28/h6-7,9-14,18,21,29H,3-5,8,15-17,28H2,1-2H3. The molecule has 0 radical (unpaired) electrons. The van der Waals surface area contributed by atoms with E-state index in [2.05, 4.69) is 24.0 Å². The van der Waals surface area contributed by atoms with Crippen LogP contribution < -0.4 is 10.5 Å². The molecule has 1 saturated heterocycles. The second-order valence-electron chi connectivity index (χ2n) is 8.97. The highest BCUT2D eigenvalue weighted by molar-refractivity contribution is 6.45. The van der Waals surface area contributed by atoms with Gasteiger partial charge in [-0.05, 0) is 43.2 Å². The number of amides is 1. The molecule has 184 valence electrons. The minimum Gasteiger partial charge on any atom is -0.489 e. The molecule has 0 bridgehead atoms. The molecule has 1 aliphatic heterocycles. The molecule has 0 saturated carbocycles. The smallest absolute Gasteiger partial charge is 0.272 e. The van der Waals surface area contributed by atoms with Crippen molar-refractivity contribution in [1.29, 1.82) is 5.41 Å². The molecule has 0 aliphatic carbocycles. The third kappa shape index (κ3) is 5.70. The third-order valence-electron chi connectivity index (χ3n) is 6.48. The zero-order valence-electron chi connectivity index (χ0n) is 20.4. The number of likely N-dealkylation sites (tertiary alicyclic amines) is 1. The fourth-order valence-corrected chi connectivity index (χ4v) is 4.35. The van der Waals surface area contributed by atoms with Crippen LogP contribution in [-0.4, -0.2) is 45.9 Å². The van der Waals surface area contributed by atoms with Crippen molar-refractivity contribution in [3.8, 4) is 17.1 Å². The van der Waals surface area contributed by atoms with Gasteiger partial charge in [0.05, 0.1) is 6.54 Å². The Morgan fingerprint density at radius 1 is 1.23 bits per heavy atom. The number of hydrogen-bond acceptors (Lipinski definition) is 7. The molecular formula is C27H33N5O3. The molecule has 8 nitrogen and oxygen atoms in total. The van der Waals surface area contributed by atoms with Crippen LogP contribution in [0.2, 0.25) is 0 Å². The monoisotopic (exact) mass is 475 g/mol. The molecule has 2 heterocycles. The van der Waals surface area contributed by atoms with Crippen LogP contribution in [0.15, 0.2) is 53.1 Å². The average molecular weight is 476 g/mol. The second kappa shape index (κ2) is 11.2. The number of para-hydroxylation sites is 1. The van der Waals surface area contributed by atoms with E-state index in [0.29, 0.717) is 54.1 Å². The topological polar surface area (TPSA) is 118 Å². The molecule has 8 heteroatoms. The summed E-state index contributed by atoms with van der Waals surface area (Å²) in [6.07, 6.45) is 4.90. The SMILES string of the molecule is CCCCC(CC)c1nc(-c2ccc(OC3CCN(C(=O)C(=N)c4ccccc4N)C3)cc2)no1. The number of hydrogen-bond donors (Lipinski definition) is 2. The van der Waals surface area contributed by atoms with E-state index in [1.807, 2.05) is 24.3 Å². The number of rotatable bonds is 10. The molecular weight excluding hydrogens is 442 g/mol. The Balaban J connectivity index is 1.34. The van der Waals surface area contributed by atoms with Crippen LogP contribution in [-0.2, 0) is 4.79 Å². The molecule has 3 N–H and O–H groups in total. The number of nitrogens with one attached hydrogen (secondary N) is 1. The average Bonchev–Trinajstić information content (AvgIpc) is 3.55. The maximum absolute atomic E-state index is 12.8. The molecule has 3 aromatic rings. The predicted octanol–water partition coefficient (Wildman–Crippen LogP) is 5.05. The zero-order chi connectivity index (χ0) is 24.8. The Kier molecular flexibility index (Phi) is 7.80. The minimum absolute atomic E-state index is 0.0902. The van der Waals surface area contributed by atoms with Crippen LogP contribution >= 0.6 is 0 Å². The molecule has 1 aromatic heterocycles. The number of carbonyl (C=O) groups is 1. The first kappa shape index (κ1) is 24.4. The molecule has 2 atom stereocenters. The lowest BCUT2D eigenvalue weighted by atomic mass is 9.99. The molecule has 1 aliphatic rings. The van der Waals surface area contributed by atoms with Gasteiger partial charge >= 0.3 is 0 Å². The van der Waals surface area contributed by atoms with Crippen LogP contribution in [0.25, 0.3) is 11.4 Å². The maximum atomic E-state index is 12.8. The number of carbonyl (C=O) groups excluding carboxylic acids is 1. The van der Waals surface area contributed by atoms with Crippen molar-refractivity contribution in [2.75, 3.05) is 18.8 Å². The van der Waals surface area contributed by atoms with E-state index in [0.717, 1.165) is 31.2 Å². The van der Waals surface area contributed by atoms with Crippen LogP contribution in [0.4, 0.5) is 5.69 Å². The Morgan fingerprint density at radius 3 is 2.71 bits per heavy atom. The molecule has 2 unspecified atom stereocenters. The van der Waals surface area contributed by atoms with Crippen LogP contribution in [0.1, 0.15) is 63.3 Å². The van der Waals surface area contributed by atoms with Gasteiger partial charge in [-0.1, -0.05) is 50.0 Å². The first-order valence-electron chi connectivity index (χ1n) is 12.3. The van der Waals surface area contributed by atoms with Crippen LogP contribution in [0.3, 0.4) is 0 Å². The first-order valence-corrected chi connectivity index (χ1v) is 12.3. The highest BCUT2D eigenvalue weighted by Crippen LogP contribution is 2.28. The number of unbranched alkanes of at least 4 members (excludes halogenated alkanes) is 1. The summed E-state index contributed by atoms with van der Waals surface area (Å²) < 4.78 is 11.7. The van der Waals surface area contributed by atoms with E-state index in [9.17, 15) is 4.79 Å². The van der Waals surface area contributed by atoms with E-state index in [-0.39, 0.29) is 17.7 Å². The number of benzene rings is 2. The summed E-state index contributed by atoms with van der Waals surface area (Å²) in [5.41, 5.74) is 7.60. The maximum Gasteiger partial charge on any atom is 0.272 e. The quantitative estimate of drug-likeness (QED) is 0.313. The van der Waals surface area contributed by atoms with Crippen molar-refractivity contribution in [2.24, 2.45) is 0 Å². The van der Waals surface area contributed by atoms with Gasteiger partial charge < -0.3 is 19.9 Å². The summed E-state index contributed by atoms with van der Waals surface area (Å²) in [7, 11) is 0. The summed E-state index contributed by atoms with van der Waals surface area (Å²) >= 11 is 0. The fourth-order valence-electron chi connectivity index (χ4n) is 4.35. The lowest BCUT2D eigenvalue weighted by molar-refractivity contribution is -0.123. The summed E-state index contributed by atoms with van der Waals surface area (Å²) in [4.78, 5) is 19.1. The Morgan fingerprint density at radius 2 is 2.00 bits per heavy atom. The van der Waals surface area contributed by atoms with Gasteiger partial charge in [0.15, 0.2) is 0 Å². The van der Waals surface area contributed by atoms with E-state index in [1.54, 1.807) is 29.2 Å². The molecule has 4 rings (SSSR count). The number of aromatic nitrogens is 2. The predicted molar refractivity (Wildman–Crippen MR) is 136 cm³/mol. The van der Waals surface area contributed by atoms with Crippen LogP contribution in [0, 0.1) is 5.41 Å². The molecule has 35 heavy (non-hydrogen) atoms. The minimum atomic E-state index is -0.332. The van der Waals surface area contributed by atoms with Crippen molar-refractivity contribution in [3.63, 3.8) is 0 Å². The highest BCUT2D eigenvalue weighted by atomic mass is 16.5. The lowest BCUT2D eigenvalue weighted by Crippen LogP contribution is -2.36. The Bertz CT molecular complexity index is 1160. The van der Waals surface area contributed by atoms with Crippen LogP contribution in [0.5, 0.6) is 5.75 Å². The summed E-state index contributed by atoms with van der Waals surface area (Å²) in [6, 6.07) is 14.6. The Labute approximate surface area is 206 Å². The summed E-state index contributed by atoms with van der Waals surface area (Å²) in [5, 5.41) is 12.4. The van der Waals surface area contributed by atoms with Gasteiger partial charge in [0.25, 0.3) is 5.91 Å². The van der Waals surface area contributed by atoms with E-state index in [1.165, 1.54) is 0 Å². The first-order chi connectivity index (χ1) is 17.0. The molecule has 0 spiro atoms. The highest BCUT2D eigenvalue weighted by Gasteiger charge is 2.30. The lowest BCUT2D eigenvalue weighted by Gasteiger charge is -2.18. The number of anilines is 1.